The van der Waals surface area contributed by atoms with Gasteiger partial charge in [0.15, 0.2) is 8.38 Å². The van der Waals surface area contributed by atoms with Crippen molar-refractivity contribution in [3.8, 4) is 0 Å². The minimum absolute atomic E-state index is 0.0130. The SMILES string of the molecule is CC(C)P(O)OC1CC(COP(O)OC2CCN(C(=O)CC(C)(C)C(C)(C)C)C2)N(C=O)C1.CCCCCC[B]N. The lowest BCUT2D eigenvalue weighted by Gasteiger charge is -2.39. The quantitative estimate of drug-likeness (QED) is 0.0929. The van der Waals surface area contributed by atoms with Gasteiger partial charge < -0.3 is 38.8 Å². The normalized spacial score (nSPS) is 22.9. The highest BCUT2D eigenvalue weighted by Crippen LogP contribution is 2.43. The molecule has 2 saturated heterocycles. The summed E-state index contributed by atoms with van der Waals surface area (Å²) in [6.45, 7) is 18.2. The van der Waals surface area contributed by atoms with Crippen LogP contribution in [-0.2, 0) is 23.2 Å². The summed E-state index contributed by atoms with van der Waals surface area (Å²) in [6.07, 6.45) is 8.23. The maximum absolute atomic E-state index is 12.8. The van der Waals surface area contributed by atoms with Crippen molar-refractivity contribution in [1.82, 2.24) is 9.80 Å². The molecular formula is C28H57BN3O7P2. The van der Waals surface area contributed by atoms with Gasteiger partial charge in [-0.2, -0.15) is 0 Å². The number of hydrogen-bond donors (Lipinski definition) is 3. The second kappa shape index (κ2) is 19.1. The van der Waals surface area contributed by atoms with Crippen LogP contribution in [0.4, 0.5) is 0 Å². The van der Waals surface area contributed by atoms with Crippen molar-refractivity contribution in [2.45, 2.75) is 131 Å². The van der Waals surface area contributed by atoms with Gasteiger partial charge >= 0.3 is 8.60 Å². The van der Waals surface area contributed by atoms with E-state index in [1.165, 1.54) is 25.7 Å². The van der Waals surface area contributed by atoms with Gasteiger partial charge in [0.1, 0.15) is 0 Å². The molecule has 239 valence electrons. The molecule has 2 aliphatic heterocycles. The zero-order valence-electron chi connectivity index (χ0n) is 26.8. The van der Waals surface area contributed by atoms with Gasteiger partial charge in [-0.05, 0) is 23.7 Å². The molecule has 2 heterocycles. The summed E-state index contributed by atoms with van der Waals surface area (Å²) in [5.41, 5.74) is 5.09. The van der Waals surface area contributed by atoms with Crippen molar-refractivity contribution in [2.75, 3.05) is 26.2 Å². The Hall–Kier alpha value is -0.375. The Bertz CT molecular complexity index is 755. The van der Waals surface area contributed by atoms with E-state index in [-0.39, 0.29) is 47.3 Å². The van der Waals surface area contributed by atoms with Gasteiger partial charge in [-0.3, -0.25) is 9.59 Å². The van der Waals surface area contributed by atoms with Gasteiger partial charge in [-0.15, -0.1) is 0 Å². The van der Waals surface area contributed by atoms with Crippen LogP contribution in [0.15, 0.2) is 0 Å². The van der Waals surface area contributed by atoms with Crippen molar-refractivity contribution in [3.05, 3.63) is 0 Å². The van der Waals surface area contributed by atoms with Crippen molar-refractivity contribution in [1.29, 1.82) is 0 Å². The maximum atomic E-state index is 12.8. The lowest BCUT2D eigenvalue weighted by molar-refractivity contribution is -0.134. The van der Waals surface area contributed by atoms with Crippen LogP contribution in [0, 0.1) is 10.8 Å². The highest BCUT2D eigenvalue weighted by atomic mass is 31.2. The van der Waals surface area contributed by atoms with Crippen LogP contribution < -0.4 is 5.64 Å². The standard InChI is InChI=1S/C22H42N2O7P2.C6H15BN/c1-16(2)32(27)30-19-10-17(24(13-19)15-25)14-29-33(28)31-18-8-9-23(12-18)20(26)11-22(6,7)21(3,4)5;1-2-3-4-5-6-7-8/h15-19,27-28H,8-14H2,1-7H3;2-6,8H2,1H3. The summed E-state index contributed by atoms with van der Waals surface area (Å²) >= 11 is 0. The molecule has 41 heavy (non-hydrogen) atoms. The van der Waals surface area contributed by atoms with E-state index in [1.807, 2.05) is 13.8 Å². The third kappa shape index (κ3) is 14.3. The maximum Gasteiger partial charge on any atom is 0.330 e. The van der Waals surface area contributed by atoms with Crippen LogP contribution in [-0.4, -0.2) is 89.5 Å². The van der Waals surface area contributed by atoms with E-state index in [4.69, 9.17) is 19.2 Å². The Kier molecular flexibility index (Phi) is 18.0. The first-order valence-corrected chi connectivity index (χ1v) is 17.5. The van der Waals surface area contributed by atoms with E-state index in [0.29, 0.717) is 38.9 Å². The summed E-state index contributed by atoms with van der Waals surface area (Å²) < 4.78 is 16.9. The molecule has 0 aliphatic carbocycles. The second-order valence-corrected chi connectivity index (χ2v) is 15.9. The summed E-state index contributed by atoms with van der Waals surface area (Å²) in [5.74, 6) is 0.105. The third-order valence-electron chi connectivity index (χ3n) is 8.21. The Morgan fingerprint density at radius 3 is 2.34 bits per heavy atom. The van der Waals surface area contributed by atoms with Crippen LogP contribution in [0.25, 0.3) is 0 Å². The molecule has 2 fully saturated rings. The van der Waals surface area contributed by atoms with E-state index in [2.05, 4.69) is 41.5 Å². The first kappa shape index (κ1) is 38.6. The Morgan fingerprint density at radius 1 is 1.10 bits per heavy atom. The molecule has 4 N–H and O–H groups in total. The molecule has 2 amide bonds. The minimum Gasteiger partial charge on any atom is -0.374 e. The molecule has 5 atom stereocenters. The molecule has 5 unspecified atom stereocenters. The zero-order chi connectivity index (χ0) is 31.2. The second-order valence-electron chi connectivity index (χ2n) is 13.1. The molecule has 13 heteroatoms. The average molecular weight is 621 g/mol. The molecule has 1 radical (unpaired) electrons. The van der Waals surface area contributed by atoms with Crippen LogP contribution in [0.5, 0.6) is 0 Å². The van der Waals surface area contributed by atoms with E-state index in [1.54, 1.807) is 17.2 Å². The van der Waals surface area contributed by atoms with Crippen molar-refractivity contribution in [2.24, 2.45) is 16.5 Å². The predicted octanol–water partition coefficient (Wildman–Crippen LogP) is 5.19. The monoisotopic (exact) mass is 620 g/mol. The number of nitrogens with two attached hydrogens (primary N) is 1. The van der Waals surface area contributed by atoms with Gasteiger partial charge in [0, 0.05) is 31.7 Å². The molecular weight excluding hydrogens is 563 g/mol. The number of hydrogen-bond acceptors (Lipinski definition) is 8. The first-order valence-electron chi connectivity index (χ1n) is 15.1. The largest absolute Gasteiger partial charge is 0.374 e. The number of unbranched alkanes of at least 4 members (excludes halogenated alkanes) is 3. The Morgan fingerprint density at radius 2 is 1.78 bits per heavy atom. The van der Waals surface area contributed by atoms with Crippen LogP contribution in [0.3, 0.4) is 0 Å². The van der Waals surface area contributed by atoms with E-state index >= 15 is 0 Å². The van der Waals surface area contributed by atoms with E-state index < -0.39 is 17.0 Å². The molecule has 10 nitrogen and oxygen atoms in total. The first-order chi connectivity index (χ1) is 19.1. The van der Waals surface area contributed by atoms with Gasteiger partial charge in [0.2, 0.25) is 19.7 Å². The van der Waals surface area contributed by atoms with Crippen molar-refractivity contribution < 1.29 is 32.9 Å². The molecule has 2 aliphatic rings. The minimum atomic E-state index is -2.12. The molecule has 0 aromatic carbocycles. The lowest BCUT2D eigenvalue weighted by atomic mass is 9.67. The highest BCUT2D eigenvalue weighted by molar-refractivity contribution is 7.46. The van der Waals surface area contributed by atoms with E-state index in [9.17, 15) is 19.4 Å². The lowest BCUT2D eigenvalue weighted by Crippen LogP contribution is -2.38. The molecule has 0 aromatic heterocycles. The number of carbonyl (C=O) groups is 2. The van der Waals surface area contributed by atoms with Crippen molar-refractivity contribution >= 4 is 36.7 Å². The molecule has 2 rings (SSSR count). The Balaban J connectivity index is 0.000000915. The summed E-state index contributed by atoms with van der Waals surface area (Å²) in [6, 6.07) is -0.245. The number of nitrogens with zero attached hydrogens (tertiary/aromatic N) is 2. The van der Waals surface area contributed by atoms with Gasteiger partial charge in [-0.25, -0.2) is 0 Å². The topological polar surface area (TPSA) is 135 Å². The van der Waals surface area contributed by atoms with Gasteiger partial charge in [0.25, 0.3) is 0 Å². The number of likely N-dealkylation sites (tertiary alicyclic amines) is 2. The molecule has 0 saturated carbocycles. The fourth-order valence-corrected chi connectivity index (χ4v) is 5.82. The summed E-state index contributed by atoms with van der Waals surface area (Å²) in [5, 5.41) is 0. The predicted molar refractivity (Wildman–Crippen MR) is 168 cm³/mol. The van der Waals surface area contributed by atoms with Crippen LogP contribution in [0.2, 0.25) is 6.32 Å². The van der Waals surface area contributed by atoms with E-state index in [0.717, 1.165) is 12.7 Å². The van der Waals surface area contributed by atoms with Gasteiger partial charge in [-0.1, -0.05) is 87.4 Å². The third-order valence-corrected chi connectivity index (χ3v) is 10.5. The fraction of sp³-hybridized carbons (Fsp3) is 0.929. The highest BCUT2D eigenvalue weighted by Gasteiger charge is 2.38. The van der Waals surface area contributed by atoms with Crippen molar-refractivity contribution in [3.63, 3.8) is 0 Å². The molecule has 0 bridgehead atoms. The zero-order valence-corrected chi connectivity index (χ0v) is 28.5. The smallest absolute Gasteiger partial charge is 0.330 e. The molecule has 0 aromatic rings. The van der Waals surface area contributed by atoms with Crippen LogP contribution in [0.1, 0.15) is 100 Å². The fourth-order valence-electron chi connectivity index (χ4n) is 4.33. The number of carbonyl (C=O) groups excluding carboxylic acids is 2. The average Bonchev–Trinajstić information content (AvgIpc) is 3.51. The number of amides is 2. The number of rotatable bonds is 16. The summed E-state index contributed by atoms with van der Waals surface area (Å²) in [4.78, 5) is 47.8. The van der Waals surface area contributed by atoms with Crippen LogP contribution >= 0.6 is 17.0 Å². The Labute approximate surface area is 252 Å². The summed E-state index contributed by atoms with van der Waals surface area (Å²) in [7, 11) is -1.91. The molecule has 0 spiro atoms. The van der Waals surface area contributed by atoms with Gasteiger partial charge in [0.05, 0.1) is 24.9 Å².